The second-order valence-electron chi connectivity index (χ2n) is 22.3. The van der Waals surface area contributed by atoms with Crippen LogP contribution in [-0.4, -0.2) is 37.2 Å². The van der Waals surface area contributed by atoms with Crippen LogP contribution >= 0.6 is 0 Å². The van der Waals surface area contributed by atoms with Gasteiger partial charge in [0.25, 0.3) is 0 Å². The van der Waals surface area contributed by atoms with Crippen LogP contribution in [0, 0.1) is 0 Å². The monoisotopic (exact) mass is 1150 g/mol. The van der Waals surface area contributed by atoms with E-state index in [1.165, 1.54) is 103 Å². The first kappa shape index (κ1) is 78.3. The normalized spacial score (nSPS) is 13.0. The minimum Gasteiger partial charge on any atom is -0.462 e. The third-order valence-corrected chi connectivity index (χ3v) is 14.3. The van der Waals surface area contributed by atoms with E-state index in [4.69, 9.17) is 14.2 Å². The largest absolute Gasteiger partial charge is 0.462 e. The first-order valence-electron chi connectivity index (χ1n) is 34.3. The number of carbonyl (C=O) groups is 3. The molecule has 6 nitrogen and oxygen atoms in total. The average Bonchev–Trinajstić information content (AvgIpc) is 3.49. The highest BCUT2D eigenvalue weighted by atomic mass is 16.6. The van der Waals surface area contributed by atoms with Crippen molar-refractivity contribution in [1.29, 1.82) is 0 Å². The third kappa shape index (κ3) is 68.0. The molecule has 0 aromatic carbocycles. The lowest BCUT2D eigenvalue weighted by molar-refractivity contribution is -0.167. The summed E-state index contributed by atoms with van der Waals surface area (Å²) in [5.74, 6) is -0.931. The van der Waals surface area contributed by atoms with Gasteiger partial charge in [0.15, 0.2) is 6.10 Å². The van der Waals surface area contributed by atoms with Crippen molar-refractivity contribution in [1.82, 2.24) is 0 Å². The highest BCUT2D eigenvalue weighted by Crippen LogP contribution is 2.15. The average molecular weight is 1150 g/mol. The molecule has 0 bridgehead atoms. The summed E-state index contributed by atoms with van der Waals surface area (Å²) in [7, 11) is 0. The maximum Gasteiger partial charge on any atom is 0.306 e. The molecule has 0 aliphatic carbocycles. The van der Waals surface area contributed by atoms with Crippen molar-refractivity contribution < 1.29 is 28.6 Å². The van der Waals surface area contributed by atoms with Gasteiger partial charge < -0.3 is 14.2 Å². The molecule has 470 valence electrons. The Morgan fingerprint density at radius 3 is 0.759 bits per heavy atom. The molecule has 0 saturated carbocycles. The molecule has 0 amide bonds. The topological polar surface area (TPSA) is 78.9 Å². The molecule has 0 aliphatic rings. The van der Waals surface area contributed by atoms with Gasteiger partial charge in [-0.1, -0.05) is 282 Å². The van der Waals surface area contributed by atoms with Crippen molar-refractivity contribution in [2.75, 3.05) is 13.2 Å². The fourth-order valence-electron chi connectivity index (χ4n) is 9.17. The maximum absolute atomic E-state index is 12.9. The standard InChI is InChI=1S/C77H126O6/c1-4-7-10-13-16-19-22-25-28-30-32-34-35-36-37-38-39-40-41-43-44-46-49-52-55-58-61-64-67-70-76(79)82-73-74(72-81-75(78)69-66-63-60-57-54-51-48-27-24-21-18-15-12-9-6-3)83-77(80)71-68-65-62-59-56-53-50-47-45-42-33-31-29-26-23-20-17-14-11-8-5-2/h7,10,16,18-19,21,23,25-28,31-34,36-37,39-40,43-45,47-48,74H,4-6,8-9,11-15,17,20,22,24,29-30,35,38,41-42,46,49-73H2,1-3H3/b10-7-,19-16-,21-18-,26-23-,28-25-,33-31-,34-32-,37-36-,40-39-,44-43-,47-45-,48-27-. The van der Waals surface area contributed by atoms with Crippen LogP contribution in [0.25, 0.3) is 0 Å². The minimum atomic E-state index is -0.804. The Hall–Kier alpha value is -4.71. The molecule has 0 rings (SSSR count). The number of ether oxygens (including phenoxy) is 3. The van der Waals surface area contributed by atoms with Gasteiger partial charge in [-0.3, -0.25) is 14.4 Å². The van der Waals surface area contributed by atoms with Crippen molar-refractivity contribution in [2.45, 2.75) is 309 Å². The summed E-state index contributed by atoms with van der Waals surface area (Å²) in [6, 6.07) is 0. The molecule has 0 spiro atoms. The van der Waals surface area contributed by atoms with E-state index in [0.717, 1.165) is 161 Å². The van der Waals surface area contributed by atoms with Gasteiger partial charge in [-0.2, -0.15) is 0 Å². The third-order valence-electron chi connectivity index (χ3n) is 14.3. The molecule has 0 N–H and O–H groups in total. The zero-order valence-electron chi connectivity index (χ0n) is 53.9. The predicted octanol–water partition coefficient (Wildman–Crippen LogP) is 23.9. The van der Waals surface area contributed by atoms with Crippen LogP contribution < -0.4 is 0 Å². The van der Waals surface area contributed by atoms with Crippen LogP contribution in [0.3, 0.4) is 0 Å². The molecular weight excluding hydrogens is 1020 g/mol. The Morgan fingerprint density at radius 2 is 0.470 bits per heavy atom. The molecule has 0 aromatic rings. The molecular formula is C77H126O6. The highest BCUT2D eigenvalue weighted by Gasteiger charge is 2.19. The maximum atomic E-state index is 12.9. The Balaban J connectivity index is 4.42. The zero-order chi connectivity index (χ0) is 59.9. The lowest BCUT2D eigenvalue weighted by atomic mass is 10.1. The van der Waals surface area contributed by atoms with E-state index >= 15 is 0 Å². The summed E-state index contributed by atoms with van der Waals surface area (Å²) in [6.07, 6.45) is 99.9. The number of hydrogen-bond donors (Lipinski definition) is 0. The molecule has 1 atom stereocenters. The van der Waals surface area contributed by atoms with Crippen LogP contribution in [0.4, 0.5) is 0 Å². The van der Waals surface area contributed by atoms with Gasteiger partial charge >= 0.3 is 17.9 Å². The van der Waals surface area contributed by atoms with Crippen molar-refractivity contribution in [3.05, 3.63) is 146 Å². The summed E-state index contributed by atoms with van der Waals surface area (Å²) < 4.78 is 16.9. The van der Waals surface area contributed by atoms with E-state index in [0.29, 0.717) is 19.3 Å². The fraction of sp³-hybridized carbons (Fsp3) is 0.649. The molecule has 1 unspecified atom stereocenters. The van der Waals surface area contributed by atoms with Crippen LogP contribution in [0.2, 0.25) is 0 Å². The molecule has 83 heavy (non-hydrogen) atoms. The quantitative estimate of drug-likeness (QED) is 0.0261. The first-order chi connectivity index (χ1) is 41.0. The number of hydrogen-bond acceptors (Lipinski definition) is 6. The van der Waals surface area contributed by atoms with Gasteiger partial charge in [0, 0.05) is 19.3 Å². The fourth-order valence-corrected chi connectivity index (χ4v) is 9.17. The Bertz CT molecular complexity index is 1800. The summed E-state index contributed by atoms with van der Waals surface area (Å²) in [5, 5.41) is 0. The van der Waals surface area contributed by atoms with E-state index in [9.17, 15) is 14.4 Å². The highest BCUT2D eigenvalue weighted by molar-refractivity contribution is 5.71. The molecule has 0 aromatic heterocycles. The van der Waals surface area contributed by atoms with Gasteiger partial charge in [-0.15, -0.1) is 0 Å². The van der Waals surface area contributed by atoms with Gasteiger partial charge in [0.1, 0.15) is 13.2 Å². The zero-order valence-corrected chi connectivity index (χ0v) is 53.9. The number of carbonyl (C=O) groups excluding carboxylic acids is 3. The van der Waals surface area contributed by atoms with Crippen LogP contribution in [0.15, 0.2) is 146 Å². The molecule has 6 heteroatoms. The molecule has 0 saturated heterocycles. The smallest absolute Gasteiger partial charge is 0.306 e. The molecule has 0 aliphatic heterocycles. The first-order valence-corrected chi connectivity index (χ1v) is 34.3. The van der Waals surface area contributed by atoms with Crippen LogP contribution in [-0.2, 0) is 28.6 Å². The van der Waals surface area contributed by atoms with Crippen molar-refractivity contribution in [2.24, 2.45) is 0 Å². The molecule has 0 heterocycles. The van der Waals surface area contributed by atoms with E-state index in [1.54, 1.807) is 0 Å². The lowest BCUT2D eigenvalue weighted by Gasteiger charge is -2.18. The van der Waals surface area contributed by atoms with Gasteiger partial charge in [-0.05, 0) is 148 Å². The second-order valence-corrected chi connectivity index (χ2v) is 22.3. The van der Waals surface area contributed by atoms with Crippen LogP contribution in [0.5, 0.6) is 0 Å². The predicted molar refractivity (Wildman–Crippen MR) is 362 cm³/mol. The summed E-state index contributed by atoms with van der Waals surface area (Å²) >= 11 is 0. The van der Waals surface area contributed by atoms with Gasteiger partial charge in [0.05, 0.1) is 0 Å². The Labute approximate surface area is 512 Å². The number of esters is 3. The molecule has 0 fully saturated rings. The number of unbranched alkanes of at least 4 members (excludes halogenated alkanes) is 26. The second kappa shape index (κ2) is 69.8. The van der Waals surface area contributed by atoms with E-state index < -0.39 is 6.10 Å². The van der Waals surface area contributed by atoms with Gasteiger partial charge in [-0.25, -0.2) is 0 Å². The van der Waals surface area contributed by atoms with Crippen molar-refractivity contribution >= 4 is 17.9 Å². The van der Waals surface area contributed by atoms with E-state index in [1.807, 2.05) is 0 Å². The number of allylic oxidation sites excluding steroid dienone is 24. The van der Waals surface area contributed by atoms with Crippen LogP contribution in [0.1, 0.15) is 303 Å². The van der Waals surface area contributed by atoms with E-state index in [2.05, 4.69) is 167 Å². The van der Waals surface area contributed by atoms with Crippen molar-refractivity contribution in [3.63, 3.8) is 0 Å². The Kier molecular flexibility index (Phi) is 65.8. The summed E-state index contributed by atoms with van der Waals surface area (Å²) in [6.45, 7) is 6.47. The van der Waals surface area contributed by atoms with Crippen molar-refractivity contribution in [3.8, 4) is 0 Å². The van der Waals surface area contributed by atoms with E-state index in [-0.39, 0.29) is 31.1 Å². The minimum absolute atomic E-state index is 0.0984. The number of rotatable bonds is 61. The lowest BCUT2D eigenvalue weighted by Crippen LogP contribution is -2.30. The molecule has 0 radical (unpaired) electrons. The summed E-state index contributed by atoms with van der Waals surface area (Å²) in [4.78, 5) is 38.4. The summed E-state index contributed by atoms with van der Waals surface area (Å²) in [5.41, 5.74) is 0. The van der Waals surface area contributed by atoms with Gasteiger partial charge in [0.2, 0.25) is 0 Å². The SMILES string of the molecule is CC/C=C\C/C=C\C/C=C\C/C=C\C/C=C\C/C=C\C/C=C\CCCCCCCCCC(=O)OCC(COC(=O)CCCCCCC/C=C\C/C=C\CCCCC)OC(=O)CCCCCCCC/C=C\C/C=C\C/C=C\CCCCCCC. The Morgan fingerprint density at radius 1 is 0.253 bits per heavy atom.